The lowest BCUT2D eigenvalue weighted by molar-refractivity contribution is 0.0601. The SMILES string of the molecule is COC(=O)c1cc(C#N)c2[nH]c(C3CC3)cc2c1. The summed E-state index contributed by atoms with van der Waals surface area (Å²) in [6.45, 7) is 0. The van der Waals surface area contributed by atoms with E-state index in [1.807, 2.05) is 6.07 Å². The van der Waals surface area contributed by atoms with Gasteiger partial charge in [0, 0.05) is 11.1 Å². The first-order chi connectivity index (χ1) is 8.72. The number of carbonyl (C=O) groups is 1. The van der Waals surface area contributed by atoms with Crippen LogP contribution in [0.2, 0.25) is 0 Å². The van der Waals surface area contributed by atoms with Gasteiger partial charge in [-0.2, -0.15) is 5.26 Å². The number of hydrogen-bond donors (Lipinski definition) is 1. The zero-order valence-electron chi connectivity index (χ0n) is 9.99. The van der Waals surface area contributed by atoms with Crippen LogP contribution in [0.1, 0.15) is 40.4 Å². The van der Waals surface area contributed by atoms with Gasteiger partial charge in [0.2, 0.25) is 0 Å². The fraction of sp³-hybridized carbons (Fsp3) is 0.286. The van der Waals surface area contributed by atoms with Crippen molar-refractivity contribution < 1.29 is 9.53 Å². The molecule has 18 heavy (non-hydrogen) atoms. The monoisotopic (exact) mass is 240 g/mol. The van der Waals surface area contributed by atoms with Gasteiger partial charge in [-0.25, -0.2) is 4.79 Å². The maximum absolute atomic E-state index is 11.5. The lowest BCUT2D eigenvalue weighted by Gasteiger charge is -2.00. The Morgan fingerprint density at radius 2 is 2.22 bits per heavy atom. The summed E-state index contributed by atoms with van der Waals surface area (Å²) in [4.78, 5) is 14.8. The molecule has 0 bridgehead atoms. The van der Waals surface area contributed by atoms with Gasteiger partial charge in [0.1, 0.15) is 6.07 Å². The summed E-state index contributed by atoms with van der Waals surface area (Å²) >= 11 is 0. The Kier molecular flexibility index (Phi) is 2.34. The summed E-state index contributed by atoms with van der Waals surface area (Å²) in [6.07, 6.45) is 2.39. The molecule has 0 atom stereocenters. The maximum Gasteiger partial charge on any atom is 0.337 e. The number of nitriles is 1. The van der Waals surface area contributed by atoms with Gasteiger partial charge in [0.05, 0.1) is 23.8 Å². The molecule has 0 unspecified atom stereocenters. The molecule has 1 saturated carbocycles. The van der Waals surface area contributed by atoms with Crippen molar-refractivity contribution in [3.05, 3.63) is 35.0 Å². The number of ether oxygens (including phenoxy) is 1. The Balaban J connectivity index is 2.19. The van der Waals surface area contributed by atoms with Gasteiger partial charge in [-0.3, -0.25) is 0 Å². The molecule has 0 amide bonds. The van der Waals surface area contributed by atoms with Crippen LogP contribution in [0.5, 0.6) is 0 Å². The summed E-state index contributed by atoms with van der Waals surface area (Å²) in [7, 11) is 1.34. The molecule has 1 fully saturated rings. The Labute approximate surface area is 104 Å². The Morgan fingerprint density at radius 3 is 2.83 bits per heavy atom. The quantitative estimate of drug-likeness (QED) is 0.821. The van der Waals surface area contributed by atoms with Crippen molar-refractivity contribution in [2.24, 2.45) is 0 Å². The number of aromatic nitrogens is 1. The molecule has 0 saturated heterocycles. The molecule has 1 heterocycles. The number of nitrogens with zero attached hydrogens (tertiary/aromatic N) is 1. The smallest absolute Gasteiger partial charge is 0.337 e. The summed E-state index contributed by atoms with van der Waals surface area (Å²) in [5, 5.41) is 10.1. The van der Waals surface area contributed by atoms with Crippen LogP contribution in [0.4, 0.5) is 0 Å². The van der Waals surface area contributed by atoms with E-state index in [9.17, 15) is 4.79 Å². The lowest BCUT2D eigenvalue weighted by atomic mass is 10.1. The average Bonchev–Trinajstić information content (AvgIpc) is 3.16. The average molecular weight is 240 g/mol. The molecule has 0 spiro atoms. The number of esters is 1. The molecule has 90 valence electrons. The minimum absolute atomic E-state index is 0.414. The van der Waals surface area contributed by atoms with E-state index in [0.717, 1.165) is 16.6 Å². The van der Waals surface area contributed by atoms with E-state index >= 15 is 0 Å². The van der Waals surface area contributed by atoms with Crippen molar-refractivity contribution in [3.63, 3.8) is 0 Å². The van der Waals surface area contributed by atoms with E-state index in [2.05, 4.69) is 11.1 Å². The van der Waals surface area contributed by atoms with Crippen molar-refractivity contribution in [1.29, 1.82) is 5.26 Å². The second kappa shape index (κ2) is 3.88. The lowest BCUT2D eigenvalue weighted by Crippen LogP contribution is -2.01. The van der Waals surface area contributed by atoms with Crippen molar-refractivity contribution in [2.45, 2.75) is 18.8 Å². The van der Waals surface area contributed by atoms with Gasteiger partial charge in [-0.1, -0.05) is 0 Å². The second-order valence-corrected chi connectivity index (χ2v) is 4.59. The molecule has 1 aliphatic rings. The molecule has 1 aromatic heterocycles. The van der Waals surface area contributed by atoms with Crippen LogP contribution >= 0.6 is 0 Å². The maximum atomic E-state index is 11.5. The zero-order valence-corrected chi connectivity index (χ0v) is 9.99. The topological polar surface area (TPSA) is 65.9 Å². The number of nitrogens with one attached hydrogen (secondary N) is 1. The molecule has 4 nitrogen and oxygen atoms in total. The molecule has 3 rings (SSSR count). The summed E-state index contributed by atoms with van der Waals surface area (Å²) in [6, 6.07) is 7.49. The highest BCUT2D eigenvalue weighted by atomic mass is 16.5. The summed E-state index contributed by atoms with van der Waals surface area (Å²) in [5.74, 6) is 0.174. The van der Waals surface area contributed by atoms with Gasteiger partial charge >= 0.3 is 5.97 Å². The van der Waals surface area contributed by atoms with Crippen LogP contribution in [0.15, 0.2) is 18.2 Å². The zero-order chi connectivity index (χ0) is 12.7. The normalized spacial score (nSPS) is 14.4. The van der Waals surface area contributed by atoms with Crippen molar-refractivity contribution in [3.8, 4) is 6.07 Å². The summed E-state index contributed by atoms with van der Waals surface area (Å²) < 4.78 is 4.69. The van der Waals surface area contributed by atoms with E-state index in [4.69, 9.17) is 10.00 Å². The number of rotatable bonds is 2. The molecule has 4 heteroatoms. The number of carbonyl (C=O) groups excluding carboxylic acids is 1. The van der Waals surface area contributed by atoms with E-state index in [0.29, 0.717) is 17.0 Å². The number of H-pyrrole nitrogens is 1. The van der Waals surface area contributed by atoms with Crippen LogP contribution in [-0.4, -0.2) is 18.1 Å². The molecular weight excluding hydrogens is 228 g/mol. The minimum atomic E-state index is -0.414. The van der Waals surface area contributed by atoms with Crippen LogP contribution in [0.3, 0.4) is 0 Å². The van der Waals surface area contributed by atoms with Crippen molar-refractivity contribution >= 4 is 16.9 Å². The van der Waals surface area contributed by atoms with Gasteiger partial charge in [0.25, 0.3) is 0 Å². The third-order valence-electron chi connectivity index (χ3n) is 3.31. The Hall–Kier alpha value is -2.28. The fourth-order valence-corrected chi connectivity index (χ4v) is 2.20. The van der Waals surface area contributed by atoms with E-state index in [-0.39, 0.29) is 0 Å². The van der Waals surface area contributed by atoms with Gasteiger partial charge in [-0.05, 0) is 37.0 Å². The molecular formula is C14H12N2O2. The standard InChI is InChI=1S/C14H12N2O2/c1-18-14(17)10-4-9-6-12(8-2-3-8)16-13(9)11(5-10)7-15/h4-6,8,16H,2-3H2,1H3. The highest BCUT2D eigenvalue weighted by molar-refractivity contribution is 5.97. The highest BCUT2D eigenvalue weighted by Gasteiger charge is 2.25. The van der Waals surface area contributed by atoms with Crippen LogP contribution in [0, 0.1) is 11.3 Å². The predicted octanol–water partition coefficient (Wildman–Crippen LogP) is 2.70. The molecule has 0 aliphatic heterocycles. The fourth-order valence-electron chi connectivity index (χ4n) is 2.20. The van der Waals surface area contributed by atoms with E-state index in [1.165, 1.54) is 20.0 Å². The Bertz CT molecular complexity index is 675. The van der Waals surface area contributed by atoms with Gasteiger partial charge in [0.15, 0.2) is 0 Å². The van der Waals surface area contributed by atoms with Crippen LogP contribution < -0.4 is 0 Å². The number of fused-ring (bicyclic) bond motifs is 1. The van der Waals surface area contributed by atoms with Gasteiger partial charge < -0.3 is 9.72 Å². The second-order valence-electron chi connectivity index (χ2n) is 4.59. The third-order valence-corrected chi connectivity index (χ3v) is 3.31. The number of hydrogen-bond acceptors (Lipinski definition) is 3. The molecule has 1 N–H and O–H groups in total. The minimum Gasteiger partial charge on any atom is -0.465 e. The number of aromatic amines is 1. The first-order valence-corrected chi connectivity index (χ1v) is 5.88. The van der Waals surface area contributed by atoms with Crippen LogP contribution in [-0.2, 0) is 4.74 Å². The van der Waals surface area contributed by atoms with Crippen molar-refractivity contribution in [1.82, 2.24) is 4.98 Å². The third kappa shape index (κ3) is 1.65. The summed E-state index contributed by atoms with van der Waals surface area (Å²) in [5.41, 5.74) is 2.87. The molecule has 2 aromatic rings. The first-order valence-electron chi connectivity index (χ1n) is 5.88. The highest BCUT2D eigenvalue weighted by Crippen LogP contribution is 2.41. The van der Waals surface area contributed by atoms with Gasteiger partial charge in [-0.15, -0.1) is 0 Å². The van der Waals surface area contributed by atoms with Crippen LogP contribution in [0.25, 0.3) is 10.9 Å². The first kappa shape index (κ1) is 10.8. The molecule has 1 aliphatic carbocycles. The predicted molar refractivity (Wildman–Crippen MR) is 66.3 cm³/mol. The molecule has 1 aromatic carbocycles. The van der Waals surface area contributed by atoms with E-state index in [1.54, 1.807) is 12.1 Å². The Morgan fingerprint density at radius 1 is 1.44 bits per heavy atom. The van der Waals surface area contributed by atoms with Crippen molar-refractivity contribution in [2.75, 3.05) is 7.11 Å². The number of methoxy groups -OCH3 is 1. The van der Waals surface area contributed by atoms with E-state index < -0.39 is 5.97 Å². The number of benzene rings is 1. The largest absolute Gasteiger partial charge is 0.465 e. The molecule has 0 radical (unpaired) electrons.